The molecular weight excluding hydrogens is 328 g/mol. The summed E-state index contributed by atoms with van der Waals surface area (Å²) in [5.41, 5.74) is 1.95. The van der Waals surface area contributed by atoms with Crippen LogP contribution in [0, 0.1) is 0 Å². The second-order valence-electron chi connectivity index (χ2n) is 6.83. The SMILES string of the molecule is COc1ccc(CNC(=O)NC(C)C(C)(C)c2ccccc2)cc1OC. The van der Waals surface area contributed by atoms with E-state index in [-0.39, 0.29) is 17.5 Å². The van der Waals surface area contributed by atoms with Crippen LogP contribution in [0.4, 0.5) is 4.79 Å². The molecule has 140 valence electrons. The maximum absolute atomic E-state index is 12.3. The molecule has 5 heteroatoms. The number of carbonyl (C=O) groups excluding carboxylic acids is 1. The van der Waals surface area contributed by atoms with Crippen molar-refractivity contribution < 1.29 is 14.3 Å². The van der Waals surface area contributed by atoms with Gasteiger partial charge in [-0.15, -0.1) is 0 Å². The zero-order valence-corrected chi connectivity index (χ0v) is 16.1. The Morgan fingerprint density at radius 2 is 1.69 bits per heavy atom. The van der Waals surface area contributed by atoms with E-state index in [0.717, 1.165) is 5.56 Å². The number of urea groups is 1. The van der Waals surface area contributed by atoms with Gasteiger partial charge >= 0.3 is 6.03 Å². The molecule has 2 N–H and O–H groups in total. The molecule has 0 saturated carbocycles. The first-order valence-corrected chi connectivity index (χ1v) is 8.69. The molecule has 26 heavy (non-hydrogen) atoms. The average molecular weight is 356 g/mol. The van der Waals surface area contributed by atoms with Crippen LogP contribution in [0.5, 0.6) is 11.5 Å². The molecular formula is C21H28N2O3. The van der Waals surface area contributed by atoms with E-state index in [1.54, 1.807) is 14.2 Å². The lowest BCUT2D eigenvalue weighted by Crippen LogP contribution is -2.49. The Bertz CT molecular complexity index is 729. The molecule has 1 atom stereocenters. The number of hydrogen-bond donors (Lipinski definition) is 2. The van der Waals surface area contributed by atoms with Gasteiger partial charge in [0.2, 0.25) is 0 Å². The summed E-state index contributed by atoms with van der Waals surface area (Å²) >= 11 is 0. The zero-order chi connectivity index (χ0) is 19.2. The number of amides is 2. The molecule has 0 aliphatic heterocycles. The van der Waals surface area contributed by atoms with Gasteiger partial charge in [0.05, 0.1) is 14.2 Å². The molecule has 0 bridgehead atoms. The van der Waals surface area contributed by atoms with Gasteiger partial charge in [0.1, 0.15) is 0 Å². The van der Waals surface area contributed by atoms with Crippen molar-refractivity contribution in [1.82, 2.24) is 10.6 Å². The van der Waals surface area contributed by atoms with E-state index in [1.807, 2.05) is 43.3 Å². The summed E-state index contributed by atoms with van der Waals surface area (Å²) in [6.45, 7) is 6.68. The van der Waals surface area contributed by atoms with Gasteiger partial charge in [-0.25, -0.2) is 4.79 Å². The molecule has 2 rings (SSSR count). The zero-order valence-electron chi connectivity index (χ0n) is 16.1. The average Bonchev–Trinajstić information content (AvgIpc) is 2.66. The molecule has 0 heterocycles. The Morgan fingerprint density at radius 1 is 1.04 bits per heavy atom. The Kier molecular flexibility index (Phi) is 6.50. The predicted molar refractivity (Wildman–Crippen MR) is 104 cm³/mol. The summed E-state index contributed by atoms with van der Waals surface area (Å²) < 4.78 is 10.5. The highest BCUT2D eigenvalue weighted by Gasteiger charge is 2.28. The Morgan fingerprint density at radius 3 is 2.31 bits per heavy atom. The van der Waals surface area contributed by atoms with E-state index in [4.69, 9.17) is 9.47 Å². The van der Waals surface area contributed by atoms with Gasteiger partial charge in [0.15, 0.2) is 11.5 Å². The summed E-state index contributed by atoms with van der Waals surface area (Å²) in [5.74, 6) is 1.31. The molecule has 5 nitrogen and oxygen atoms in total. The first kappa shape index (κ1) is 19.6. The normalized spacial score (nSPS) is 12.2. The Hall–Kier alpha value is -2.69. The van der Waals surface area contributed by atoms with Gasteiger partial charge < -0.3 is 20.1 Å². The predicted octanol–water partition coefficient (Wildman–Crippen LogP) is 3.87. The van der Waals surface area contributed by atoms with Crippen LogP contribution in [-0.2, 0) is 12.0 Å². The molecule has 0 aliphatic carbocycles. The van der Waals surface area contributed by atoms with Gasteiger partial charge in [-0.2, -0.15) is 0 Å². The highest BCUT2D eigenvalue weighted by molar-refractivity contribution is 5.74. The van der Waals surface area contributed by atoms with Crippen molar-refractivity contribution in [2.24, 2.45) is 0 Å². The third kappa shape index (κ3) is 4.69. The molecule has 1 unspecified atom stereocenters. The first-order valence-electron chi connectivity index (χ1n) is 8.69. The van der Waals surface area contributed by atoms with E-state index >= 15 is 0 Å². The minimum atomic E-state index is -0.198. The summed E-state index contributed by atoms with van der Waals surface area (Å²) in [6, 6.07) is 15.5. The summed E-state index contributed by atoms with van der Waals surface area (Å²) in [6.07, 6.45) is 0. The number of nitrogens with one attached hydrogen (secondary N) is 2. The maximum Gasteiger partial charge on any atom is 0.315 e. The lowest BCUT2D eigenvalue weighted by Gasteiger charge is -2.33. The molecule has 0 radical (unpaired) electrons. The monoisotopic (exact) mass is 356 g/mol. The van der Waals surface area contributed by atoms with Crippen molar-refractivity contribution in [3.05, 3.63) is 59.7 Å². The third-order valence-electron chi connectivity index (χ3n) is 4.85. The summed E-state index contributed by atoms with van der Waals surface area (Å²) in [7, 11) is 3.19. The van der Waals surface area contributed by atoms with E-state index in [2.05, 4.69) is 36.6 Å². The fourth-order valence-corrected chi connectivity index (χ4v) is 2.72. The fourth-order valence-electron chi connectivity index (χ4n) is 2.72. The van der Waals surface area contributed by atoms with Crippen molar-refractivity contribution in [1.29, 1.82) is 0 Å². The molecule has 0 aromatic heterocycles. The van der Waals surface area contributed by atoms with Crippen LogP contribution in [0.2, 0.25) is 0 Å². The number of benzene rings is 2. The Labute approximate surface area is 155 Å². The molecule has 2 aromatic carbocycles. The van der Waals surface area contributed by atoms with Crippen LogP contribution < -0.4 is 20.1 Å². The maximum atomic E-state index is 12.3. The minimum Gasteiger partial charge on any atom is -0.493 e. The van der Waals surface area contributed by atoms with Crippen molar-refractivity contribution >= 4 is 6.03 Å². The quantitative estimate of drug-likeness (QED) is 0.792. The molecule has 0 aliphatic rings. The van der Waals surface area contributed by atoms with E-state index in [9.17, 15) is 4.79 Å². The van der Waals surface area contributed by atoms with Crippen molar-refractivity contribution in [3.63, 3.8) is 0 Å². The number of carbonyl (C=O) groups is 1. The van der Waals surface area contributed by atoms with Gasteiger partial charge in [-0.1, -0.05) is 50.2 Å². The van der Waals surface area contributed by atoms with Crippen LogP contribution in [0.25, 0.3) is 0 Å². The largest absolute Gasteiger partial charge is 0.493 e. The van der Waals surface area contributed by atoms with Crippen molar-refractivity contribution in [3.8, 4) is 11.5 Å². The standard InChI is InChI=1S/C21H28N2O3/c1-15(21(2,3)17-9-7-6-8-10-17)23-20(24)22-14-16-11-12-18(25-4)19(13-16)26-5/h6-13,15H,14H2,1-5H3,(H2,22,23,24). The van der Waals surface area contributed by atoms with Crippen LogP contribution in [0.1, 0.15) is 31.9 Å². The second-order valence-corrected chi connectivity index (χ2v) is 6.83. The fraction of sp³-hybridized carbons (Fsp3) is 0.381. The van der Waals surface area contributed by atoms with Crippen molar-refractivity contribution in [2.45, 2.75) is 38.8 Å². The smallest absolute Gasteiger partial charge is 0.315 e. The second kappa shape index (κ2) is 8.61. The van der Waals surface area contributed by atoms with Gasteiger partial charge in [-0.3, -0.25) is 0 Å². The third-order valence-corrected chi connectivity index (χ3v) is 4.85. The molecule has 0 fully saturated rings. The first-order chi connectivity index (χ1) is 12.4. The number of rotatable bonds is 7. The lowest BCUT2D eigenvalue weighted by molar-refractivity contribution is 0.231. The molecule has 2 aromatic rings. The van der Waals surface area contributed by atoms with Crippen LogP contribution in [0.15, 0.2) is 48.5 Å². The topological polar surface area (TPSA) is 59.6 Å². The lowest BCUT2D eigenvalue weighted by atomic mass is 9.78. The van der Waals surface area contributed by atoms with Gasteiger partial charge in [0.25, 0.3) is 0 Å². The van der Waals surface area contributed by atoms with Crippen molar-refractivity contribution in [2.75, 3.05) is 14.2 Å². The van der Waals surface area contributed by atoms with E-state index in [0.29, 0.717) is 18.0 Å². The summed E-state index contributed by atoms with van der Waals surface area (Å²) in [4.78, 5) is 12.3. The highest BCUT2D eigenvalue weighted by Crippen LogP contribution is 2.28. The van der Waals surface area contributed by atoms with Gasteiger partial charge in [0, 0.05) is 18.0 Å². The van der Waals surface area contributed by atoms with Gasteiger partial charge in [-0.05, 0) is 30.2 Å². The van der Waals surface area contributed by atoms with E-state index in [1.165, 1.54) is 5.56 Å². The van der Waals surface area contributed by atoms with Crippen LogP contribution in [-0.4, -0.2) is 26.3 Å². The number of methoxy groups -OCH3 is 2. The summed E-state index contributed by atoms with van der Waals surface area (Å²) in [5, 5.41) is 5.93. The molecule has 0 spiro atoms. The van der Waals surface area contributed by atoms with Crippen LogP contribution >= 0.6 is 0 Å². The number of ether oxygens (including phenoxy) is 2. The van der Waals surface area contributed by atoms with E-state index < -0.39 is 0 Å². The molecule has 0 saturated heterocycles. The minimum absolute atomic E-state index is 0.0321. The van der Waals surface area contributed by atoms with Crippen LogP contribution in [0.3, 0.4) is 0 Å². The Balaban J connectivity index is 1.94. The highest BCUT2D eigenvalue weighted by atomic mass is 16.5. The number of hydrogen-bond acceptors (Lipinski definition) is 3. The molecule has 2 amide bonds.